The summed E-state index contributed by atoms with van der Waals surface area (Å²) in [6.45, 7) is 0.138. The van der Waals surface area contributed by atoms with Crippen molar-refractivity contribution in [3.63, 3.8) is 0 Å². The molecule has 0 aromatic heterocycles. The minimum atomic E-state index is -1.19. The first-order valence-corrected chi connectivity index (χ1v) is 7.18. The molecule has 1 aliphatic carbocycles. The Balaban J connectivity index is 1.93. The van der Waals surface area contributed by atoms with Crippen LogP contribution >= 0.6 is 11.6 Å². The normalized spacial score (nSPS) is 20.7. The largest absolute Gasteiger partial charge is 0.393 e. The van der Waals surface area contributed by atoms with Gasteiger partial charge in [0.1, 0.15) is 5.69 Å². The maximum atomic E-state index is 13.5. The van der Waals surface area contributed by atoms with E-state index in [1.54, 1.807) is 0 Å². The van der Waals surface area contributed by atoms with Crippen molar-refractivity contribution < 1.29 is 23.5 Å². The van der Waals surface area contributed by atoms with Crippen molar-refractivity contribution in [3.8, 4) is 0 Å². The van der Waals surface area contributed by atoms with Gasteiger partial charge in [0.2, 0.25) is 0 Å². The van der Waals surface area contributed by atoms with Crippen LogP contribution < -0.4 is 10.6 Å². The Morgan fingerprint density at radius 1 is 1.23 bits per heavy atom. The second kappa shape index (κ2) is 7.02. The molecular formula is C14H15ClF2N2O3. The molecule has 2 rings (SSSR count). The summed E-state index contributed by atoms with van der Waals surface area (Å²) in [7, 11) is 0. The molecule has 1 fully saturated rings. The molecule has 2 amide bonds. The van der Waals surface area contributed by atoms with Gasteiger partial charge in [0.05, 0.1) is 6.10 Å². The van der Waals surface area contributed by atoms with Crippen molar-refractivity contribution in [2.75, 3.05) is 11.9 Å². The van der Waals surface area contributed by atoms with Crippen LogP contribution in [-0.4, -0.2) is 29.6 Å². The highest BCUT2D eigenvalue weighted by molar-refractivity contribution is 6.39. The van der Waals surface area contributed by atoms with Gasteiger partial charge in [-0.05, 0) is 25.0 Å². The molecule has 1 saturated carbocycles. The average molecular weight is 333 g/mol. The summed E-state index contributed by atoms with van der Waals surface area (Å²) in [6.07, 6.45) is 1.77. The monoisotopic (exact) mass is 332 g/mol. The molecule has 0 heterocycles. The lowest BCUT2D eigenvalue weighted by molar-refractivity contribution is -0.136. The van der Waals surface area contributed by atoms with E-state index < -0.39 is 35.2 Å². The first-order chi connectivity index (χ1) is 10.4. The van der Waals surface area contributed by atoms with E-state index in [9.17, 15) is 23.5 Å². The fourth-order valence-electron chi connectivity index (χ4n) is 2.39. The molecule has 1 aliphatic rings. The van der Waals surface area contributed by atoms with E-state index in [1.165, 1.54) is 0 Å². The summed E-state index contributed by atoms with van der Waals surface area (Å²) < 4.78 is 27.0. The molecule has 120 valence electrons. The van der Waals surface area contributed by atoms with Crippen molar-refractivity contribution >= 4 is 29.1 Å². The molecule has 0 bridgehead atoms. The highest BCUT2D eigenvalue weighted by Crippen LogP contribution is 2.25. The van der Waals surface area contributed by atoms with E-state index in [4.69, 9.17) is 11.6 Å². The number of anilines is 1. The number of carbonyl (C=O) groups is 2. The van der Waals surface area contributed by atoms with Crippen LogP contribution in [0.3, 0.4) is 0 Å². The number of hydrogen-bond donors (Lipinski definition) is 3. The molecule has 0 saturated heterocycles. The number of benzene rings is 1. The molecule has 1 aromatic rings. The number of nitrogens with one attached hydrogen (secondary N) is 2. The summed E-state index contributed by atoms with van der Waals surface area (Å²) in [4.78, 5) is 23.3. The average Bonchev–Trinajstić information content (AvgIpc) is 2.85. The van der Waals surface area contributed by atoms with Crippen LogP contribution in [-0.2, 0) is 9.59 Å². The molecule has 8 heteroatoms. The third kappa shape index (κ3) is 3.92. The van der Waals surface area contributed by atoms with Crippen molar-refractivity contribution in [2.24, 2.45) is 5.92 Å². The molecule has 1 aromatic carbocycles. The quantitative estimate of drug-likeness (QED) is 0.739. The fourth-order valence-corrected chi connectivity index (χ4v) is 2.58. The Hall–Kier alpha value is -1.73. The number of aliphatic hydroxyl groups excluding tert-OH is 1. The zero-order chi connectivity index (χ0) is 16.3. The van der Waals surface area contributed by atoms with Crippen LogP contribution in [0.15, 0.2) is 12.1 Å². The predicted octanol–water partition coefficient (Wildman–Crippen LogP) is 1.83. The lowest BCUT2D eigenvalue weighted by Gasteiger charge is -2.15. The second-order valence-corrected chi connectivity index (χ2v) is 5.60. The molecule has 22 heavy (non-hydrogen) atoms. The predicted molar refractivity (Wildman–Crippen MR) is 76.4 cm³/mol. The maximum Gasteiger partial charge on any atom is 0.313 e. The van der Waals surface area contributed by atoms with Crippen LogP contribution in [0.4, 0.5) is 14.5 Å². The van der Waals surface area contributed by atoms with E-state index in [2.05, 4.69) is 5.32 Å². The molecular weight excluding hydrogens is 318 g/mol. The first kappa shape index (κ1) is 16.6. The van der Waals surface area contributed by atoms with E-state index in [0.717, 1.165) is 25.0 Å². The zero-order valence-electron chi connectivity index (χ0n) is 11.5. The number of hydrogen-bond acceptors (Lipinski definition) is 3. The van der Waals surface area contributed by atoms with Gasteiger partial charge in [0, 0.05) is 17.5 Å². The van der Waals surface area contributed by atoms with E-state index in [1.807, 2.05) is 5.32 Å². The minimum absolute atomic E-state index is 0.110. The Bertz CT molecular complexity index is 574. The summed E-state index contributed by atoms with van der Waals surface area (Å²) in [6, 6.07) is 1.65. The summed E-state index contributed by atoms with van der Waals surface area (Å²) in [5, 5.41) is 13.7. The van der Waals surface area contributed by atoms with Gasteiger partial charge in [-0.3, -0.25) is 9.59 Å². The Morgan fingerprint density at radius 3 is 2.41 bits per heavy atom. The van der Waals surface area contributed by atoms with Crippen molar-refractivity contribution in [1.82, 2.24) is 5.32 Å². The molecule has 3 N–H and O–H groups in total. The van der Waals surface area contributed by atoms with Gasteiger partial charge < -0.3 is 15.7 Å². The van der Waals surface area contributed by atoms with Gasteiger partial charge >= 0.3 is 11.8 Å². The lowest BCUT2D eigenvalue weighted by atomic mass is 10.1. The van der Waals surface area contributed by atoms with E-state index >= 15 is 0 Å². The first-order valence-electron chi connectivity index (χ1n) is 6.80. The lowest BCUT2D eigenvalue weighted by Crippen LogP contribution is -2.39. The molecule has 0 radical (unpaired) electrons. The molecule has 5 nitrogen and oxygen atoms in total. The third-order valence-electron chi connectivity index (χ3n) is 3.60. The van der Waals surface area contributed by atoms with Crippen molar-refractivity contribution in [3.05, 3.63) is 28.8 Å². The van der Waals surface area contributed by atoms with Crippen molar-refractivity contribution in [2.45, 2.75) is 25.4 Å². The zero-order valence-corrected chi connectivity index (χ0v) is 12.3. The Kier molecular flexibility index (Phi) is 5.31. The SMILES string of the molecule is O=C(NCC1CCCC1O)C(=O)Nc1c(F)cc(Cl)cc1F. The summed E-state index contributed by atoms with van der Waals surface area (Å²) in [5.41, 5.74) is -0.731. The molecule has 2 atom stereocenters. The fraction of sp³-hybridized carbons (Fsp3) is 0.429. The van der Waals surface area contributed by atoms with E-state index in [0.29, 0.717) is 6.42 Å². The van der Waals surface area contributed by atoms with Gasteiger partial charge in [-0.15, -0.1) is 0 Å². The maximum absolute atomic E-state index is 13.5. The highest BCUT2D eigenvalue weighted by atomic mass is 35.5. The summed E-state index contributed by atoms with van der Waals surface area (Å²) in [5.74, 6) is -4.46. The number of amides is 2. The smallest absolute Gasteiger partial charge is 0.313 e. The van der Waals surface area contributed by atoms with Crippen LogP contribution in [0.1, 0.15) is 19.3 Å². The van der Waals surface area contributed by atoms with Crippen LogP contribution in [0.2, 0.25) is 5.02 Å². The Labute approximate surface area is 130 Å². The minimum Gasteiger partial charge on any atom is -0.393 e. The molecule has 2 unspecified atom stereocenters. The van der Waals surface area contributed by atoms with Crippen LogP contribution in [0.25, 0.3) is 0 Å². The number of rotatable bonds is 3. The summed E-state index contributed by atoms with van der Waals surface area (Å²) >= 11 is 5.46. The van der Waals surface area contributed by atoms with Gasteiger partial charge in [0.15, 0.2) is 11.6 Å². The molecule has 0 spiro atoms. The van der Waals surface area contributed by atoms with Crippen LogP contribution in [0, 0.1) is 17.6 Å². The van der Waals surface area contributed by atoms with E-state index in [-0.39, 0.29) is 17.5 Å². The van der Waals surface area contributed by atoms with Crippen molar-refractivity contribution in [1.29, 1.82) is 0 Å². The number of carbonyl (C=O) groups excluding carboxylic acids is 2. The molecule has 0 aliphatic heterocycles. The topological polar surface area (TPSA) is 78.4 Å². The van der Waals surface area contributed by atoms with Crippen LogP contribution in [0.5, 0.6) is 0 Å². The second-order valence-electron chi connectivity index (χ2n) is 5.17. The van der Waals surface area contributed by atoms with Gasteiger partial charge in [-0.25, -0.2) is 8.78 Å². The van der Waals surface area contributed by atoms with Gasteiger partial charge in [0.25, 0.3) is 0 Å². The third-order valence-corrected chi connectivity index (χ3v) is 3.81. The van der Waals surface area contributed by atoms with Gasteiger partial charge in [-0.1, -0.05) is 18.0 Å². The number of aliphatic hydroxyl groups is 1. The van der Waals surface area contributed by atoms with Gasteiger partial charge in [-0.2, -0.15) is 0 Å². The standard InChI is InChI=1S/C14H15ClF2N2O3/c15-8-4-9(16)12(10(17)5-8)19-14(22)13(21)18-6-7-2-1-3-11(7)20/h4-5,7,11,20H,1-3,6H2,(H,18,21)(H,19,22). The number of halogens is 3. The Morgan fingerprint density at radius 2 is 1.86 bits per heavy atom. The highest BCUT2D eigenvalue weighted by Gasteiger charge is 2.26.